The van der Waals surface area contributed by atoms with Crippen molar-refractivity contribution in [2.75, 3.05) is 13.2 Å². The van der Waals surface area contributed by atoms with Gasteiger partial charge in [-0.25, -0.2) is 4.79 Å². The summed E-state index contributed by atoms with van der Waals surface area (Å²) < 4.78 is 22.8. The number of amides is 1. The van der Waals surface area contributed by atoms with Crippen LogP contribution in [0, 0.1) is 5.92 Å². The molecule has 0 spiro atoms. The Bertz CT molecular complexity index is 636. The molecule has 1 unspecified atom stereocenters. The minimum Gasteiger partial charge on any atom is -0.445 e. The van der Waals surface area contributed by atoms with Crippen molar-refractivity contribution in [3.63, 3.8) is 0 Å². The van der Waals surface area contributed by atoms with Crippen molar-refractivity contribution >= 4 is 6.09 Å². The van der Waals surface area contributed by atoms with Gasteiger partial charge in [-0.2, -0.15) is 0 Å². The van der Waals surface area contributed by atoms with Crippen LogP contribution in [0.25, 0.3) is 0 Å². The molecule has 7 nitrogen and oxygen atoms in total. The van der Waals surface area contributed by atoms with E-state index in [1.165, 1.54) is 0 Å². The van der Waals surface area contributed by atoms with Crippen LogP contribution in [-0.4, -0.2) is 59.6 Å². The highest BCUT2D eigenvalue weighted by Gasteiger charge is 2.58. The molecule has 3 heterocycles. The summed E-state index contributed by atoms with van der Waals surface area (Å²) in [5, 5.41) is 10.4. The van der Waals surface area contributed by atoms with E-state index < -0.39 is 30.4 Å². The molecule has 1 amide bonds. The molecule has 25 heavy (non-hydrogen) atoms. The molecule has 3 aliphatic heterocycles. The zero-order valence-electron chi connectivity index (χ0n) is 14.3. The standard InChI is InChI=1S/C18H23NO6/c1-18(2)24-15-14-12(10-22-16(15)25-18)13(20)8-19(14)17(21)23-9-11-6-4-3-5-7-11/h3-7,12-16,20H,8-10H2,1-2H3/t12?,13-,14+,15-,16-/m1/s1. The van der Waals surface area contributed by atoms with Crippen molar-refractivity contribution in [2.24, 2.45) is 5.92 Å². The van der Waals surface area contributed by atoms with E-state index in [1.54, 1.807) is 4.90 Å². The maximum atomic E-state index is 12.6. The molecule has 3 aliphatic rings. The van der Waals surface area contributed by atoms with Gasteiger partial charge in [0.05, 0.1) is 25.3 Å². The lowest BCUT2D eigenvalue weighted by Gasteiger charge is -2.37. The average Bonchev–Trinajstić information content (AvgIpc) is 3.09. The number of benzene rings is 1. The number of fused-ring (bicyclic) bond motifs is 3. The summed E-state index contributed by atoms with van der Waals surface area (Å²) in [6, 6.07) is 9.18. The monoisotopic (exact) mass is 349 g/mol. The highest BCUT2D eigenvalue weighted by molar-refractivity contribution is 5.69. The van der Waals surface area contributed by atoms with Crippen molar-refractivity contribution in [2.45, 2.75) is 50.8 Å². The lowest BCUT2D eigenvalue weighted by Crippen LogP contribution is -2.54. The lowest BCUT2D eigenvalue weighted by atomic mass is 9.92. The van der Waals surface area contributed by atoms with Crippen molar-refractivity contribution in [1.82, 2.24) is 4.90 Å². The van der Waals surface area contributed by atoms with Gasteiger partial charge in [0.1, 0.15) is 12.7 Å². The Morgan fingerprint density at radius 2 is 2.08 bits per heavy atom. The first-order valence-electron chi connectivity index (χ1n) is 8.57. The fourth-order valence-corrected chi connectivity index (χ4v) is 3.87. The van der Waals surface area contributed by atoms with E-state index >= 15 is 0 Å². The summed E-state index contributed by atoms with van der Waals surface area (Å²) in [7, 11) is 0. The van der Waals surface area contributed by atoms with Gasteiger partial charge in [-0.15, -0.1) is 0 Å². The second-order valence-electron chi connectivity index (χ2n) is 7.22. The van der Waals surface area contributed by atoms with E-state index in [-0.39, 0.29) is 25.1 Å². The number of aliphatic hydroxyl groups excluding tert-OH is 1. The van der Waals surface area contributed by atoms with E-state index in [0.717, 1.165) is 5.56 Å². The molecule has 3 saturated heterocycles. The molecule has 0 aliphatic carbocycles. The van der Waals surface area contributed by atoms with Gasteiger partial charge in [-0.1, -0.05) is 30.3 Å². The summed E-state index contributed by atoms with van der Waals surface area (Å²) in [4.78, 5) is 14.2. The molecule has 4 rings (SSSR count). The predicted molar refractivity (Wildman–Crippen MR) is 86.4 cm³/mol. The van der Waals surface area contributed by atoms with Crippen LogP contribution in [-0.2, 0) is 25.6 Å². The Morgan fingerprint density at radius 3 is 2.84 bits per heavy atom. The number of ether oxygens (including phenoxy) is 4. The molecule has 0 aromatic heterocycles. The molecular weight excluding hydrogens is 326 g/mol. The maximum Gasteiger partial charge on any atom is 0.410 e. The second-order valence-corrected chi connectivity index (χ2v) is 7.22. The Morgan fingerprint density at radius 1 is 1.32 bits per heavy atom. The third kappa shape index (κ3) is 3.13. The van der Waals surface area contributed by atoms with E-state index in [4.69, 9.17) is 18.9 Å². The second kappa shape index (κ2) is 6.25. The molecule has 1 aromatic carbocycles. The molecular formula is C18H23NO6. The molecule has 0 saturated carbocycles. The number of hydrogen-bond donors (Lipinski definition) is 1. The van der Waals surface area contributed by atoms with E-state index in [1.807, 2.05) is 44.2 Å². The first-order chi connectivity index (χ1) is 11.9. The predicted octanol–water partition coefficient (Wildman–Crippen LogP) is 1.49. The zero-order chi connectivity index (χ0) is 17.6. The summed E-state index contributed by atoms with van der Waals surface area (Å²) in [6.45, 7) is 4.35. The van der Waals surface area contributed by atoms with Gasteiger partial charge in [0, 0.05) is 5.92 Å². The largest absolute Gasteiger partial charge is 0.445 e. The number of aliphatic hydroxyl groups is 1. The number of rotatable bonds is 2. The molecule has 3 fully saturated rings. The van der Waals surface area contributed by atoms with Crippen LogP contribution in [0.15, 0.2) is 30.3 Å². The number of carbonyl (C=O) groups excluding carboxylic acids is 1. The summed E-state index contributed by atoms with van der Waals surface area (Å²) in [5.41, 5.74) is 0.915. The smallest absolute Gasteiger partial charge is 0.410 e. The number of carbonyl (C=O) groups is 1. The van der Waals surface area contributed by atoms with Gasteiger partial charge in [0.2, 0.25) is 0 Å². The van der Waals surface area contributed by atoms with Crippen molar-refractivity contribution < 1.29 is 28.8 Å². The van der Waals surface area contributed by atoms with Crippen LogP contribution in [0.2, 0.25) is 0 Å². The summed E-state index contributed by atoms with van der Waals surface area (Å²) in [6.07, 6.45) is -2.09. The van der Waals surface area contributed by atoms with Gasteiger partial charge in [-0.05, 0) is 19.4 Å². The van der Waals surface area contributed by atoms with Crippen LogP contribution in [0.5, 0.6) is 0 Å². The first-order valence-corrected chi connectivity index (χ1v) is 8.57. The van der Waals surface area contributed by atoms with E-state index in [2.05, 4.69) is 0 Å². The zero-order valence-corrected chi connectivity index (χ0v) is 14.3. The average molecular weight is 349 g/mol. The van der Waals surface area contributed by atoms with E-state index in [9.17, 15) is 9.90 Å². The van der Waals surface area contributed by atoms with Crippen molar-refractivity contribution in [3.8, 4) is 0 Å². The number of β-amino-alcohol motifs (C(OH)–C–C–N with tert-alkyl or cyclic N) is 1. The molecule has 0 radical (unpaired) electrons. The minimum atomic E-state index is -0.780. The highest BCUT2D eigenvalue weighted by Crippen LogP contribution is 2.42. The van der Waals surface area contributed by atoms with Crippen molar-refractivity contribution in [3.05, 3.63) is 35.9 Å². The van der Waals surface area contributed by atoms with Crippen LogP contribution >= 0.6 is 0 Å². The van der Waals surface area contributed by atoms with Gasteiger partial charge in [-0.3, -0.25) is 4.90 Å². The Kier molecular flexibility index (Phi) is 4.19. The summed E-state index contributed by atoms with van der Waals surface area (Å²) in [5.74, 6) is -0.986. The molecule has 7 heteroatoms. The van der Waals surface area contributed by atoms with Crippen LogP contribution in [0.3, 0.4) is 0 Å². The third-order valence-corrected chi connectivity index (χ3v) is 4.99. The Balaban J connectivity index is 1.48. The first kappa shape index (κ1) is 16.8. The number of hydrogen-bond acceptors (Lipinski definition) is 6. The molecule has 0 bridgehead atoms. The molecule has 1 N–H and O–H groups in total. The summed E-state index contributed by atoms with van der Waals surface area (Å²) >= 11 is 0. The van der Waals surface area contributed by atoms with Gasteiger partial charge in [0.15, 0.2) is 12.1 Å². The third-order valence-electron chi connectivity index (χ3n) is 4.99. The molecule has 136 valence electrons. The van der Waals surface area contributed by atoms with E-state index in [0.29, 0.717) is 6.61 Å². The van der Waals surface area contributed by atoms with Gasteiger partial charge < -0.3 is 24.1 Å². The van der Waals surface area contributed by atoms with Crippen LogP contribution < -0.4 is 0 Å². The topological polar surface area (TPSA) is 77.5 Å². The Hall–Kier alpha value is -1.67. The van der Waals surface area contributed by atoms with Gasteiger partial charge in [0.25, 0.3) is 0 Å². The lowest BCUT2D eigenvalue weighted by molar-refractivity contribution is -0.200. The minimum absolute atomic E-state index is 0.192. The Labute approximate surface area is 146 Å². The highest BCUT2D eigenvalue weighted by atomic mass is 16.8. The SMILES string of the molecule is CC1(C)O[C@H]2OCC3[C@H](O)CN(C(=O)OCc4ccccc4)[C@@H]3[C@H]2O1. The fraction of sp³-hybridized carbons (Fsp3) is 0.611. The van der Waals surface area contributed by atoms with Gasteiger partial charge >= 0.3 is 6.09 Å². The maximum absolute atomic E-state index is 12.6. The van der Waals surface area contributed by atoms with Crippen LogP contribution in [0.1, 0.15) is 19.4 Å². The van der Waals surface area contributed by atoms with Crippen LogP contribution in [0.4, 0.5) is 4.79 Å². The normalized spacial score (nSPS) is 36.0. The quantitative estimate of drug-likeness (QED) is 0.872. The number of likely N-dealkylation sites (tertiary alicyclic amines) is 1. The number of nitrogens with zero attached hydrogens (tertiary/aromatic N) is 1. The van der Waals surface area contributed by atoms with Crippen molar-refractivity contribution in [1.29, 1.82) is 0 Å². The fourth-order valence-electron chi connectivity index (χ4n) is 3.87. The molecule has 5 atom stereocenters. The molecule has 1 aromatic rings.